The lowest BCUT2D eigenvalue weighted by Gasteiger charge is -2.39. The molecule has 1 aliphatic carbocycles. The van der Waals surface area contributed by atoms with E-state index in [0.717, 1.165) is 19.3 Å². The summed E-state index contributed by atoms with van der Waals surface area (Å²) >= 11 is 0. The molecule has 0 spiro atoms. The Morgan fingerprint density at radius 1 is 1.35 bits per heavy atom. The van der Waals surface area contributed by atoms with Crippen LogP contribution in [-0.2, 0) is 21.3 Å². The van der Waals surface area contributed by atoms with Crippen LogP contribution in [0, 0.1) is 0 Å². The molecule has 0 N–H and O–H groups in total. The first-order valence-corrected chi connectivity index (χ1v) is 6.95. The van der Waals surface area contributed by atoms with Crippen LogP contribution in [0.3, 0.4) is 0 Å². The second-order valence-electron chi connectivity index (χ2n) is 6.44. The van der Waals surface area contributed by atoms with Gasteiger partial charge in [0.2, 0.25) is 5.76 Å². The van der Waals surface area contributed by atoms with Crippen molar-refractivity contribution < 1.29 is 18.7 Å². The molecule has 1 aromatic rings. The number of ether oxygens (including phenoxy) is 2. The summed E-state index contributed by atoms with van der Waals surface area (Å²) in [5, 5.41) is 0. The maximum atomic E-state index is 11.8. The SMILES string of the molecule is COC(=O)c1oc(CC2(OC)CCC2)nc1C(C)(C)C. The van der Waals surface area contributed by atoms with E-state index < -0.39 is 5.97 Å². The van der Waals surface area contributed by atoms with Gasteiger partial charge in [-0.15, -0.1) is 0 Å². The summed E-state index contributed by atoms with van der Waals surface area (Å²) < 4.78 is 16.0. The summed E-state index contributed by atoms with van der Waals surface area (Å²) in [6.45, 7) is 5.99. The first kappa shape index (κ1) is 15.0. The van der Waals surface area contributed by atoms with Crippen LogP contribution in [0.5, 0.6) is 0 Å². The van der Waals surface area contributed by atoms with Gasteiger partial charge in [0.25, 0.3) is 0 Å². The fourth-order valence-corrected chi connectivity index (χ4v) is 2.48. The monoisotopic (exact) mass is 281 g/mol. The lowest BCUT2D eigenvalue weighted by atomic mass is 9.77. The Morgan fingerprint density at radius 2 is 2.00 bits per heavy atom. The molecule has 1 aliphatic rings. The molecule has 1 fully saturated rings. The Bertz CT molecular complexity index is 489. The fraction of sp³-hybridized carbons (Fsp3) is 0.733. The highest BCUT2D eigenvalue weighted by molar-refractivity contribution is 5.87. The topological polar surface area (TPSA) is 61.6 Å². The molecule has 1 saturated carbocycles. The number of oxazole rings is 1. The van der Waals surface area contributed by atoms with Crippen molar-refractivity contribution in [2.75, 3.05) is 14.2 Å². The van der Waals surface area contributed by atoms with Gasteiger partial charge >= 0.3 is 5.97 Å². The van der Waals surface area contributed by atoms with Gasteiger partial charge in [0.15, 0.2) is 5.89 Å². The van der Waals surface area contributed by atoms with E-state index in [2.05, 4.69) is 4.98 Å². The van der Waals surface area contributed by atoms with Gasteiger partial charge in [0, 0.05) is 12.5 Å². The van der Waals surface area contributed by atoms with Crippen molar-refractivity contribution >= 4 is 5.97 Å². The second kappa shape index (κ2) is 5.20. The predicted molar refractivity (Wildman–Crippen MR) is 73.8 cm³/mol. The van der Waals surface area contributed by atoms with Gasteiger partial charge in [0.05, 0.1) is 24.8 Å². The Labute approximate surface area is 119 Å². The van der Waals surface area contributed by atoms with Crippen LogP contribution in [-0.4, -0.2) is 30.8 Å². The lowest BCUT2D eigenvalue weighted by Crippen LogP contribution is -2.41. The number of rotatable bonds is 4. The van der Waals surface area contributed by atoms with Crippen molar-refractivity contribution in [1.29, 1.82) is 0 Å². The number of carbonyl (C=O) groups is 1. The molecule has 0 atom stereocenters. The van der Waals surface area contributed by atoms with Crippen LogP contribution in [0.1, 0.15) is 62.2 Å². The van der Waals surface area contributed by atoms with E-state index in [9.17, 15) is 4.79 Å². The van der Waals surface area contributed by atoms with Crippen LogP contribution < -0.4 is 0 Å². The Morgan fingerprint density at radius 3 is 2.40 bits per heavy atom. The highest BCUT2D eigenvalue weighted by atomic mass is 16.5. The van der Waals surface area contributed by atoms with Crippen molar-refractivity contribution in [3.63, 3.8) is 0 Å². The van der Waals surface area contributed by atoms with E-state index in [4.69, 9.17) is 13.9 Å². The van der Waals surface area contributed by atoms with E-state index in [1.165, 1.54) is 7.11 Å². The molecule has 5 nitrogen and oxygen atoms in total. The first-order valence-electron chi connectivity index (χ1n) is 6.95. The molecule has 20 heavy (non-hydrogen) atoms. The number of methoxy groups -OCH3 is 2. The molecule has 0 bridgehead atoms. The molecule has 0 unspecified atom stereocenters. The molecule has 1 aromatic heterocycles. The van der Waals surface area contributed by atoms with Crippen molar-refractivity contribution in [3.8, 4) is 0 Å². The van der Waals surface area contributed by atoms with E-state index in [0.29, 0.717) is 18.0 Å². The molecule has 112 valence electrons. The van der Waals surface area contributed by atoms with Gasteiger partial charge in [-0.05, 0) is 19.3 Å². The third kappa shape index (κ3) is 2.73. The molecule has 0 saturated heterocycles. The van der Waals surface area contributed by atoms with Gasteiger partial charge in [-0.25, -0.2) is 9.78 Å². The summed E-state index contributed by atoms with van der Waals surface area (Å²) in [7, 11) is 3.06. The van der Waals surface area contributed by atoms with Crippen LogP contribution in [0.4, 0.5) is 0 Å². The molecule has 5 heteroatoms. The molecule has 0 aliphatic heterocycles. The number of aromatic nitrogens is 1. The lowest BCUT2D eigenvalue weighted by molar-refractivity contribution is -0.0747. The minimum absolute atomic E-state index is 0.173. The summed E-state index contributed by atoms with van der Waals surface area (Å²) in [6, 6.07) is 0. The Hall–Kier alpha value is -1.36. The van der Waals surface area contributed by atoms with E-state index >= 15 is 0 Å². The highest BCUT2D eigenvalue weighted by Crippen LogP contribution is 2.38. The van der Waals surface area contributed by atoms with E-state index in [1.54, 1.807) is 7.11 Å². The number of esters is 1. The van der Waals surface area contributed by atoms with Crippen LogP contribution >= 0.6 is 0 Å². The number of carbonyl (C=O) groups excluding carboxylic acids is 1. The quantitative estimate of drug-likeness (QED) is 0.794. The molecular weight excluding hydrogens is 258 g/mol. The molecule has 0 amide bonds. The van der Waals surface area contributed by atoms with E-state index in [1.807, 2.05) is 20.8 Å². The molecule has 1 heterocycles. The molecule has 2 rings (SSSR count). The summed E-state index contributed by atoms with van der Waals surface area (Å²) in [5.41, 5.74) is 0.198. The molecule has 0 radical (unpaired) electrons. The summed E-state index contributed by atoms with van der Waals surface area (Å²) in [6.07, 6.45) is 3.77. The summed E-state index contributed by atoms with van der Waals surface area (Å²) in [4.78, 5) is 16.3. The third-order valence-corrected chi connectivity index (χ3v) is 3.92. The Balaban J connectivity index is 2.31. The Kier molecular flexibility index (Phi) is 3.91. The van der Waals surface area contributed by atoms with Gasteiger partial charge in [-0.2, -0.15) is 0 Å². The van der Waals surface area contributed by atoms with Crippen molar-refractivity contribution in [1.82, 2.24) is 4.98 Å². The normalized spacial score (nSPS) is 17.6. The van der Waals surface area contributed by atoms with E-state index in [-0.39, 0.29) is 16.8 Å². The van der Waals surface area contributed by atoms with Gasteiger partial charge in [-0.1, -0.05) is 20.8 Å². The van der Waals surface area contributed by atoms with Crippen LogP contribution in [0.25, 0.3) is 0 Å². The fourth-order valence-electron chi connectivity index (χ4n) is 2.48. The van der Waals surface area contributed by atoms with Crippen LogP contribution in [0.2, 0.25) is 0 Å². The number of hydrogen-bond donors (Lipinski definition) is 0. The first-order chi connectivity index (χ1) is 9.31. The number of hydrogen-bond acceptors (Lipinski definition) is 5. The third-order valence-electron chi connectivity index (χ3n) is 3.92. The highest BCUT2D eigenvalue weighted by Gasteiger charge is 2.40. The molecular formula is C15H23NO4. The molecule has 0 aromatic carbocycles. The van der Waals surface area contributed by atoms with Gasteiger partial charge < -0.3 is 13.9 Å². The number of nitrogens with zero attached hydrogens (tertiary/aromatic N) is 1. The van der Waals surface area contributed by atoms with Crippen molar-refractivity contribution in [3.05, 3.63) is 17.3 Å². The maximum Gasteiger partial charge on any atom is 0.376 e. The minimum Gasteiger partial charge on any atom is -0.463 e. The average Bonchev–Trinajstić information content (AvgIpc) is 2.76. The van der Waals surface area contributed by atoms with Crippen LogP contribution in [0.15, 0.2) is 4.42 Å². The largest absolute Gasteiger partial charge is 0.463 e. The average molecular weight is 281 g/mol. The zero-order chi connectivity index (χ0) is 15.0. The second-order valence-corrected chi connectivity index (χ2v) is 6.44. The smallest absolute Gasteiger partial charge is 0.376 e. The zero-order valence-corrected chi connectivity index (χ0v) is 12.9. The standard InChI is InChI=1S/C15H23NO4/c1-14(2,3)12-11(13(17)18-4)20-10(16-12)9-15(19-5)7-6-8-15/h6-9H2,1-5H3. The summed E-state index contributed by atoms with van der Waals surface area (Å²) in [5.74, 6) is 0.284. The van der Waals surface area contributed by atoms with Gasteiger partial charge in [-0.3, -0.25) is 0 Å². The van der Waals surface area contributed by atoms with Gasteiger partial charge in [0.1, 0.15) is 0 Å². The van der Waals surface area contributed by atoms with Crippen molar-refractivity contribution in [2.24, 2.45) is 0 Å². The van der Waals surface area contributed by atoms with Crippen molar-refractivity contribution in [2.45, 2.75) is 57.5 Å². The maximum absolute atomic E-state index is 11.8. The minimum atomic E-state index is -0.478. The zero-order valence-electron chi connectivity index (χ0n) is 12.9. The predicted octanol–water partition coefficient (Wildman–Crippen LogP) is 2.87.